The highest BCUT2D eigenvalue weighted by molar-refractivity contribution is 5.76. The zero-order chi connectivity index (χ0) is 11.6. The van der Waals surface area contributed by atoms with Crippen LogP contribution in [0.15, 0.2) is 0 Å². The molecule has 0 amide bonds. The van der Waals surface area contributed by atoms with Crippen molar-refractivity contribution in [2.45, 2.75) is 6.10 Å². The summed E-state index contributed by atoms with van der Waals surface area (Å²) in [4.78, 5) is 11.0. The number of rotatable bonds is 10. The first-order valence-electron chi connectivity index (χ1n) is 5.27. The standard InChI is InChI=1S/C10H18O6/c1-12-2-3-13-4-5-14-6-7-15-10(11)9-8-16-9/h9H,2-8H2,1H3. The van der Waals surface area contributed by atoms with Gasteiger partial charge in [0.15, 0.2) is 6.10 Å². The van der Waals surface area contributed by atoms with Crippen molar-refractivity contribution in [2.75, 3.05) is 53.4 Å². The summed E-state index contributed by atoms with van der Waals surface area (Å²) in [6, 6.07) is 0. The smallest absolute Gasteiger partial charge is 0.337 e. The second kappa shape index (κ2) is 8.46. The molecular formula is C10H18O6. The molecule has 0 bridgehead atoms. The number of esters is 1. The maximum absolute atomic E-state index is 11.0. The molecule has 0 aliphatic carbocycles. The van der Waals surface area contributed by atoms with Gasteiger partial charge in [0.1, 0.15) is 6.61 Å². The summed E-state index contributed by atoms with van der Waals surface area (Å²) in [5, 5.41) is 0. The number of hydrogen-bond donors (Lipinski definition) is 0. The third kappa shape index (κ3) is 6.73. The van der Waals surface area contributed by atoms with Crippen LogP contribution in [0, 0.1) is 0 Å². The predicted octanol–water partition coefficient (Wildman–Crippen LogP) is -0.392. The first-order valence-corrected chi connectivity index (χ1v) is 5.27. The van der Waals surface area contributed by atoms with E-state index in [0.29, 0.717) is 39.6 Å². The van der Waals surface area contributed by atoms with Crippen LogP contribution in [0.25, 0.3) is 0 Å². The molecule has 6 nitrogen and oxygen atoms in total. The van der Waals surface area contributed by atoms with Gasteiger partial charge in [0.05, 0.1) is 39.6 Å². The molecule has 1 fully saturated rings. The van der Waals surface area contributed by atoms with Gasteiger partial charge >= 0.3 is 5.97 Å². The van der Waals surface area contributed by atoms with Crippen LogP contribution in [0.1, 0.15) is 0 Å². The zero-order valence-electron chi connectivity index (χ0n) is 9.48. The number of methoxy groups -OCH3 is 1. The normalized spacial score (nSPS) is 18.4. The molecule has 0 N–H and O–H groups in total. The maximum atomic E-state index is 11.0. The average Bonchev–Trinajstić information content (AvgIpc) is 3.10. The fourth-order valence-electron chi connectivity index (χ4n) is 0.943. The van der Waals surface area contributed by atoms with Gasteiger partial charge in [-0.15, -0.1) is 0 Å². The molecular weight excluding hydrogens is 216 g/mol. The van der Waals surface area contributed by atoms with Gasteiger partial charge in [0.25, 0.3) is 0 Å². The molecule has 1 heterocycles. The molecule has 94 valence electrons. The van der Waals surface area contributed by atoms with Crippen molar-refractivity contribution in [3.05, 3.63) is 0 Å². The van der Waals surface area contributed by atoms with E-state index in [1.54, 1.807) is 7.11 Å². The molecule has 0 aromatic heterocycles. The van der Waals surface area contributed by atoms with Crippen LogP contribution in [0.2, 0.25) is 0 Å². The molecule has 0 aromatic carbocycles. The predicted molar refractivity (Wildman–Crippen MR) is 54.2 cm³/mol. The van der Waals surface area contributed by atoms with Crippen LogP contribution in [0.4, 0.5) is 0 Å². The monoisotopic (exact) mass is 234 g/mol. The van der Waals surface area contributed by atoms with E-state index >= 15 is 0 Å². The number of epoxide rings is 1. The van der Waals surface area contributed by atoms with Gasteiger partial charge in [-0.25, -0.2) is 4.79 Å². The largest absolute Gasteiger partial charge is 0.461 e. The van der Waals surface area contributed by atoms with E-state index in [2.05, 4.69) is 0 Å². The molecule has 1 aliphatic heterocycles. The van der Waals surface area contributed by atoms with Crippen molar-refractivity contribution in [3.8, 4) is 0 Å². The van der Waals surface area contributed by atoms with Gasteiger partial charge in [-0.3, -0.25) is 0 Å². The number of hydrogen-bond acceptors (Lipinski definition) is 6. The van der Waals surface area contributed by atoms with E-state index in [1.807, 2.05) is 0 Å². The first-order chi connectivity index (χ1) is 7.84. The summed E-state index contributed by atoms with van der Waals surface area (Å²) in [6.07, 6.45) is -0.336. The number of ether oxygens (including phenoxy) is 5. The molecule has 1 atom stereocenters. The van der Waals surface area contributed by atoms with Crippen molar-refractivity contribution in [2.24, 2.45) is 0 Å². The topological polar surface area (TPSA) is 66.5 Å². The van der Waals surface area contributed by atoms with Gasteiger partial charge in [-0.05, 0) is 0 Å². The van der Waals surface area contributed by atoms with Crippen molar-refractivity contribution in [1.82, 2.24) is 0 Å². The lowest BCUT2D eigenvalue weighted by Crippen LogP contribution is -2.16. The van der Waals surface area contributed by atoms with Crippen molar-refractivity contribution < 1.29 is 28.5 Å². The maximum Gasteiger partial charge on any atom is 0.337 e. The molecule has 1 aliphatic rings. The Morgan fingerprint density at radius 1 is 1.12 bits per heavy atom. The molecule has 1 unspecified atom stereocenters. The molecule has 0 spiro atoms. The molecule has 0 saturated carbocycles. The highest BCUT2D eigenvalue weighted by Gasteiger charge is 2.32. The van der Waals surface area contributed by atoms with Gasteiger partial charge in [0.2, 0.25) is 0 Å². The molecule has 1 saturated heterocycles. The van der Waals surface area contributed by atoms with Crippen LogP contribution in [-0.2, 0) is 28.5 Å². The Kier molecular flexibility index (Phi) is 7.07. The van der Waals surface area contributed by atoms with Crippen LogP contribution in [-0.4, -0.2) is 65.4 Å². The van der Waals surface area contributed by atoms with E-state index in [-0.39, 0.29) is 18.7 Å². The second-order valence-corrected chi connectivity index (χ2v) is 3.21. The average molecular weight is 234 g/mol. The summed E-state index contributed by atoms with van der Waals surface area (Å²) in [7, 11) is 1.62. The summed E-state index contributed by atoms with van der Waals surface area (Å²) >= 11 is 0. The third-order valence-corrected chi connectivity index (χ3v) is 1.87. The van der Waals surface area contributed by atoms with Crippen molar-refractivity contribution >= 4 is 5.97 Å². The Hall–Kier alpha value is -0.690. The number of carbonyl (C=O) groups is 1. The molecule has 6 heteroatoms. The Bertz CT molecular complexity index is 192. The molecule has 0 radical (unpaired) electrons. The Morgan fingerprint density at radius 2 is 1.69 bits per heavy atom. The van der Waals surface area contributed by atoms with E-state index in [0.717, 1.165) is 0 Å². The van der Waals surface area contributed by atoms with E-state index < -0.39 is 0 Å². The van der Waals surface area contributed by atoms with E-state index in [4.69, 9.17) is 23.7 Å². The summed E-state index contributed by atoms with van der Waals surface area (Å²) in [5.41, 5.74) is 0. The fraction of sp³-hybridized carbons (Fsp3) is 0.900. The Balaban J connectivity index is 1.72. The van der Waals surface area contributed by atoms with Gasteiger partial charge in [-0.1, -0.05) is 0 Å². The SMILES string of the molecule is COCCOCCOCCOC(=O)C1CO1. The minimum atomic E-state index is -0.336. The van der Waals surface area contributed by atoms with E-state index in [9.17, 15) is 4.79 Å². The Morgan fingerprint density at radius 3 is 2.25 bits per heavy atom. The van der Waals surface area contributed by atoms with Crippen molar-refractivity contribution in [1.29, 1.82) is 0 Å². The quantitative estimate of drug-likeness (QED) is 0.291. The molecule has 16 heavy (non-hydrogen) atoms. The van der Waals surface area contributed by atoms with Crippen molar-refractivity contribution in [3.63, 3.8) is 0 Å². The lowest BCUT2D eigenvalue weighted by atomic mass is 10.5. The van der Waals surface area contributed by atoms with E-state index in [1.165, 1.54) is 0 Å². The van der Waals surface area contributed by atoms with Gasteiger partial charge in [-0.2, -0.15) is 0 Å². The molecule has 0 aromatic rings. The van der Waals surface area contributed by atoms with Crippen LogP contribution >= 0.6 is 0 Å². The highest BCUT2D eigenvalue weighted by atomic mass is 16.6. The summed E-state index contributed by atoms with van der Waals surface area (Å²) in [6.45, 7) is 3.27. The second-order valence-electron chi connectivity index (χ2n) is 3.21. The lowest BCUT2D eigenvalue weighted by Gasteiger charge is -2.05. The highest BCUT2D eigenvalue weighted by Crippen LogP contribution is 2.09. The zero-order valence-corrected chi connectivity index (χ0v) is 9.48. The minimum Gasteiger partial charge on any atom is -0.461 e. The summed E-state index contributed by atoms with van der Waals surface area (Å²) < 4.78 is 24.8. The summed E-state index contributed by atoms with van der Waals surface area (Å²) in [5.74, 6) is -0.306. The van der Waals surface area contributed by atoms with Crippen LogP contribution in [0.3, 0.4) is 0 Å². The molecule has 1 rings (SSSR count). The fourth-order valence-corrected chi connectivity index (χ4v) is 0.943. The minimum absolute atomic E-state index is 0.261. The van der Waals surface area contributed by atoms with Gasteiger partial charge < -0.3 is 23.7 Å². The van der Waals surface area contributed by atoms with Crippen LogP contribution in [0.5, 0.6) is 0 Å². The third-order valence-electron chi connectivity index (χ3n) is 1.87. The Labute approximate surface area is 94.7 Å². The first kappa shape index (κ1) is 13.4. The lowest BCUT2D eigenvalue weighted by molar-refractivity contribution is -0.146. The van der Waals surface area contributed by atoms with Gasteiger partial charge in [0, 0.05) is 7.11 Å². The van der Waals surface area contributed by atoms with Crippen LogP contribution < -0.4 is 0 Å². The number of carbonyl (C=O) groups excluding carboxylic acids is 1.